The summed E-state index contributed by atoms with van der Waals surface area (Å²) in [5.41, 5.74) is -0.651. The molecule has 0 fully saturated rings. The van der Waals surface area contributed by atoms with Gasteiger partial charge in [0.25, 0.3) is 0 Å². The molecule has 0 bridgehead atoms. The van der Waals surface area contributed by atoms with E-state index in [4.69, 9.17) is 14.2 Å². The van der Waals surface area contributed by atoms with Crippen molar-refractivity contribution < 1.29 is 23.5 Å². The highest BCUT2D eigenvalue weighted by atomic mass is 19.1. The Kier molecular flexibility index (Phi) is 6.76. The van der Waals surface area contributed by atoms with Gasteiger partial charge in [0.2, 0.25) is 5.82 Å². The summed E-state index contributed by atoms with van der Waals surface area (Å²) in [5.74, 6) is -1.01. The van der Waals surface area contributed by atoms with Gasteiger partial charge in [-0.1, -0.05) is 6.07 Å². The molecule has 0 heterocycles. The van der Waals surface area contributed by atoms with Gasteiger partial charge in [-0.3, -0.25) is 10.1 Å². The number of rotatable bonds is 9. The van der Waals surface area contributed by atoms with Gasteiger partial charge in [0, 0.05) is 20.3 Å². The van der Waals surface area contributed by atoms with Crippen LogP contribution in [0.15, 0.2) is 18.2 Å². The highest BCUT2D eigenvalue weighted by molar-refractivity contribution is 5.47. The van der Waals surface area contributed by atoms with Crippen molar-refractivity contribution >= 4 is 5.69 Å². The van der Waals surface area contributed by atoms with Crippen LogP contribution in [-0.2, 0) is 9.47 Å². The summed E-state index contributed by atoms with van der Waals surface area (Å²) >= 11 is 0. The van der Waals surface area contributed by atoms with Crippen molar-refractivity contribution in [1.29, 1.82) is 0 Å². The third kappa shape index (κ3) is 5.19. The Morgan fingerprint density at radius 1 is 1.26 bits per heavy atom. The first-order valence-corrected chi connectivity index (χ1v) is 5.79. The van der Waals surface area contributed by atoms with E-state index in [1.807, 2.05) is 0 Å². The molecule has 0 aliphatic rings. The minimum Gasteiger partial charge on any atom is -0.484 e. The van der Waals surface area contributed by atoms with Crippen LogP contribution in [0.2, 0.25) is 0 Å². The van der Waals surface area contributed by atoms with E-state index in [1.165, 1.54) is 12.1 Å². The molecule has 0 radical (unpaired) electrons. The Balaban J connectivity index is 2.37. The summed E-state index contributed by atoms with van der Waals surface area (Å²) in [7, 11) is 1.60. The lowest BCUT2D eigenvalue weighted by Crippen LogP contribution is -2.09. The summed E-state index contributed by atoms with van der Waals surface area (Å²) in [5, 5.41) is 10.7. The smallest absolute Gasteiger partial charge is 0.346 e. The van der Waals surface area contributed by atoms with E-state index < -0.39 is 16.4 Å². The number of hydrogen-bond donors (Lipinski definition) is 0. The quantitative estimate of drug-likeness (QED) is 0.392. The highest BCUT2D eigenvalue weighted by Gasteiger charge is 2.20. The van der Waals surface area contributed by atoms with Gasteiger partial charge in [0.15, 0.2) is 5.75 Å². The van der Waals surface area contributed by atoms with Gasteiger partial charge in [0.05, 0.1) is 11.5 Å². The maximum Gasteiger partial charge on any atom is 0.346 e. The first-order valence-electron chi connectivity index (χ1n) is 5.79. The molecule has 1 aromatic carbocycles. The Bertz CT molecular complexity index is 413. The lowest BCUT2D eigenvalue weighted by atomic mass is 10.3. The highest BCUT2D eigenvalue weighted by Crippen LogP contribution is 2.29. The first kappa shape index (κ1) is 15.3. The lowest BCUT2D eigenvalue weighted by molar-refractivity contribution is -0.388. The van der Waals surface area contributed by atoms with Crippen molar-refractivity contribution in [3.05, 3.63) is 34.1 Å². The van der Waals surface area contributed by atoms with Crippen molar-refractivity contribution in [2.45, 2.75) is 6.42 Å². The number of nitro groups is 1. The van der Waals surface area contributed by atoms with Crippen LogP contribution in [-0.4, -0.2) is 38.5 Å². The number of nitrogens with zero attached hydrogens (tertiary/aromatic N) is 1. The van der Waals surface area contributed by atoms with E-state index >= 15 is 0 Å². The zero-order chi connectivity index (χ0) is 14.1. The molecule has 106 valence electrons. The SMILES string of the molecule is COCCCOCCOc1cccc(F)c1[N+](=O)[O-]. The third-order valence-corrected chi connectivity index (χ3v) is 2.25. The Hall–Kier alpha value is -1.73. The fourth-order valence-corrected chi connectivity index (χ4v) is 1.41. The Labute approximate surface area is 110 Å². The zero-order valence-corrected chi connectivity index (χ0v) is 10.6. The van der Waals surface area contributed by atoms with Crippen LogP contribution in [0.4, 0.5) is 10.1 Å². The molecule has 0 atom stereocenters. The van der Waals surface area contributed by atoms with Crippen LogP contribution < -0.4 is 4.74 Å². The van der Waals surface area contributed by atoms with Gasteiger partial charge in [-0.25, -0.2) is 0 Å². The molecule has 0 amide bonds. The van der Waals surface area contributed by atoms with E-state index in [0.29, 0.717) is 13.2 Å². The van der Waals surface area contributed by atoms with Gasteiger partial charge in [0.1, 0.15) is 6.61 Å². The van der Waals surface area contributed by atoms with Crippen LogP contribution in [0.3, 0.4) is 0 Å². The first-order chi connectivity index (χ1) is 9.16. The molecule has 0 spiro atoms. The van der Waals surface area contributed by atoms with E-state index in [2.05, 4.69) is 0 Å². The van der Waals surface area contributed by atoms with Gasteiger partial charge in [-0.2, -0.15) is 4.39 Å². The van der Waals surface area contributed by atoms with Crippen LogP contribution in [0.5, 0.6) is 5.75 Å². The summed E-state index contributed by atoms with van der Waals surface area (Å²) in [6, 6.07) is 3.73. The molecule has 0 N–H and O–H groups in total. The van der Waals surface area contributed by atoms with E-state index in [-0.39, 0.29) is 19.0 Å². The van der Waals surface area contributed by atoms with Crippen LogP contribution in [0, 0.1) is 15.9 Å². The molecule has 0 aromatic heterocycles. The standard InChI is InChI=1S/C12H16FNO5/c1-17-6-3-7-18-8-9-19-11-5-2-4-10(13)12(11)14(15)16/h2,4-5H,3,6-9H2,1H3. The lowest BCUT2D eigenvalue weighted by Gasteiger charge is -2.07. The number of halogens is 1. The Morgan fingerprint density at radius 2 is 2.05 bits per heavy atom. The number of nitro benzene ring substituents is 1. The normalized spacial score (nSPS) is 10.4. The van der Waals surface area contributed by atoms with Crippen LogP contribution >= 0.6 is 0 Å². The van der Waals surface area contributed by atoms with Crippen molar-refractivity contribution in [2.24, 2.45) is 0 Å². The molecule has 19 heavy (non-hydrogen) atoms. The van der Waals surface area contributed by atoms with Crippen molar-refractivity contribution in [2.75, 3.05) is 33.5 Å². The number of hydrogen-bond acceptors (Lipinski definition) is 5. The summed E-state index contributed by atoms with van der Waals surface area (Å²) in [6.45, 7) is 1.52. The van der Waals surface area contributed by atoms with E-state index in [0.717, 1.165) is 12.5 Å². The monoisotopic (exact) mass is 273 g/mol. The average molecular weight is 273 g/mol. The summed E-state index contributed by atoms with van der Waals surface area (Å²) in [4.78, 5) is 9.89. The number of ether oxygens (including phenoxy) is 3. The summed E-state index contributed by atoms with van der Waals surface area (Å²) in [6.07, 6.45) is 0.761. The van der Waals surface area contributed by atoms with E-state index in [9.17, 15) is 14.5 Å². The van der Waals surface area contributed by atoms with Crippen molar-refractivity contribution in [1.82, 2.24) is 0 Å². The molecule has 7 heteroatoms. The predicted octanol–water partition coefficient (Wildman–Crippen LogP) is 2.17. The predicted molar refractivity (Wildman–Crippen MR) is 65.9 cm³/mol. The van der Waals surface area contributed by atoms with Crippen LogP contribution in [0.25, 0.3) is 0 Å². The molecule has 0 saturated carbocycles. The van der Waals surface area contributed by atoms with Crippen LogP contribution in [0.1, 0.15) is 6.42 Å². The minimum absolute atomic E-state index is 0.0921. The Morgan fingerprint density at radius 3 is 2.74 bits per heavy atom. The molecule has 0 aliphatic heterocycles. The number of para-hydroxylation sites is 1. The fraction of sp³-hybridized carbons (Fsp3) is 0.500. The fourth-order valence-electron chi connectivity index (χ4n) is 1.41. The summed E-state index contributed by atoms with van der Waals surface area (Å²) < 4.78 is 28.5. The molecule has 0 aliphatic carbocycles. The molecule has 6 nitrogen and oxygen atoms in total. The number of benzene rings is 1. The van der Waals surface area contributed by atoms with Crippen molar-refractivity contribution in [3.63, 3.8) is 0 Å². The second-order valence-corrected chi connectivity index (χ2v) is 3.65. The third-order valence-electron chi connectivity index (χ3n) is 2.25. The number of methoxy groups -OCH3 is 1. The molecular weight excluding hydrogens is 257 g/mol. The molecule has 1 rings (SSSR count). The second-order valence-electron chi connectivity index (χ2n) is 3.65. The average Bonchev–Trinajstić information content (AvgIpc) is 2.37. The minimum atomic E-state index is -0.913. The second kappa shape index (κ2) is 8.39. The molecule has 1 aromatic rings. The topological polar surface area (TPSA) is 70.8 Å². The largest absolute Gasteiger partial charge is 0.484 e. The van der Waals surface area contributed by atoms with Crippen molar-refractivity contribution in [3.8, 4) is 5.75 Å². The van der Waals surface area contributed by atoms with E-state index in [1.54, 1.807) is 7.11 Å². The van der Waals surface area contributed by atoms with Gasteiger partial charge < -0.3 is 14.2 Å². The van der Waals surface area contributed by atoms with Gasteiger partial charge >= 0.3 is 5.69 Å². The van der Waals surface area contributed by atoms with Gasteiger partial charge in [-0.05, 0) is 18.6 Å². The molecular formula is C12H16FNO5. The molecule has 0 saturated heterocycles. The van der Waals surface area contributed by atoms with Gasteiger partial charge in [-0.15, -0.1) is 0 Å². The maximum atomic E-state index is 13.2. The molecule has 0 unspecified atom stereocenters. The maximum absolute atomic E-state index is 13.2. The zero-order valence-electron chi connectivity index (χ0n) is 10.6.